The molecule has 0 bridgehead atoms. The van der Waals surface area contributed by atoms with Gasteiger partial charge in [-0.1, -0.05) is 246 Å². The van der Waals surface area contributed by atoms with Crippen molar-refractivity contribution in [2.75, 3.05) is 13.2 Å². The molecule has 0 rings (SSSR count). The number of ether oxygens (including phenoxy) is 2. The number of aliphatic hydroxyl groups excluding tert-OH is 1. The highest BCUT2D eigenvalue weighted by atomic mass is 16.6. The average Bonchev–Trinajstić information content (AvgIpc) is 3.40. The van der Waals surface area contributed by atoms with Gasteiger partial charge in [-0.05, 0) is 141 Å². The number of esters is 2. The number of allylic oxidation sites excluding steroid dienone is 34. The quantitative estimate of drug-likeness (QED) is 0.0373. The summed E-state index contributed by atoms with van der Waals surface area (Å²) < 4.78 is 10.6. The SMILES string of the molecule is CC/C=C\C/C=C\C/C=C\C/C=C\C/C=C\C/C=C\C/C=C\C/C=C\C/C=C\CCCC(=O)OC(CO)COC(=O)CCCCCCCC/C=C\C/C=C\C/C=C\C/C=C\C/C=C\C/C=C\C/C=C\C/C=C\CC. The Kier molecular flexibility index (Phi) is 57.2. The van der Waals surface area contributed by atoms with E-state index < -0.39 is 6.10 Å². The molecule has 5 heteroatoms. The maximum Gasteiger partial charge on any atom is 0.306 e. The van der Waals surface area contributed by atoms with Gasteiger partial charge >= 0.3 is 11.9 Å². The van der Waals surface area contributed by atoms with E-state index in [2.05, 4.69) is 220 Å². The van der Waals surface area contributed by atoms with Gasteiger partial charge in [0.15, 0.2) is 6.10 Å². The van der Waals surface area contributed by atoms with Crippen LogP contribution in [0.25, 0.3) is 0 Å². The van der Waals surface area contributed by atoms with E-state index in [0.29, 0.717) is 12.8 Å². The summed E-state index contributed by atoms with van der Waals surface area (Å²) in [5.41, 5.74) is 0. The van der Waals surface area contributed by atoms with Crippen LogP contribution in [0.1, 0.15) is 194 Å². The maximum atomic E-state index is 12.3. The number of hydrogen-bond donors (Lipinski definition) is 1. The van der Waals surface area contributed by atoms with Gasteiger partial charge in [0.2, 0.25) is 0 Å². The maximum absolute atomic E-state index is 12.3. The Morgan fingerprint density at radius 2 is 0.554 bits per heavy atom. The van der Waals surface area contributed by atoms with Gasteiger partial charge in [-0.25, -0.2) is 0 Å². The first-order valence-corrected chi connectivity index (χ1v) is 28.6. The Hall–Kier alpha value is -5.52. The molecule has 5 nitrogen and oxygen atoms in total. The fourth-order valence-electron chi connectivity index (χ4n) is 6.86. The number of aliphatic hydroxyl groups is 1. The van der Waals surface area contributed by atoms with Crippen LogP contribution in [0.2, 0.25) is 0 Å². The number of rotatable bonds is 49. The summed E-state index contributed by atoms with van der Waals surface area (Å²) in [4.78, 5) is 24.5. The van der Waals surface area contributed by atoms with Crippen molar-refractivity contribution in [1.82, 2.24) is 0 Å². The summed E-state index contributed by atoms with van der Waals surface area (Å²) >= 11 is 0. The van der Waals surface area contributed by atoms with Crippen LogP contribution in [0.4, 0.5) is 0 Å². The highest BCUT2D eigenvalue weighted by molar-refractivity contribution is 5.70. The molecule has 0 aliphatic rings. The third-order valence-electron chi connectivity index (χ3n) is 11.1. The van der Waals surface area contributed by atoms with Gasteiger partial charge in [0.05, 0.1) is 6.61 Å². The molecule has 74 heavy (non-hydrogen) atoms. The average molecular weight is 1010 g/mol. The highest BCUT2D eigenvalue weighted by Crippen LogP contribution is 2.11. The highest BCUT2D eigenvalue weighted by Gasteiger charge is 2.16. The first kappa shape index (κ1) is 68.5. The lowest BCUT2D eigenvalue weighted by molar-refractivity contribution is -0.161. The van der Waals surface area contributed by atoms with E-state index in [9.17, 15) is 14.7 Å². The molecule has 0 saturated carbocycles. The first-order valence-electron chi connectivity index (χ1n) is 28.6. The molecule has 1 N–H and O–H groups in total. The largest absolute Gasteiger partial charge is 0.462 e. The van der Waals surface area contributed by atoms with Crippen LogP contribution in [-0.2, 0) is 19.1 Å². The fourth-order valence-corrected chi connectivity index (χ4v) is 6.86. The lowest BCUT2D eigenvalue weighted by Crippen LogP contribution is -2.28. The summed E-state index contributed by atoms with van der Waals surface area (Å²) in [7, 11) is 0. The Bertz CT molecular complexity index is 1810. The molecule has 0 aromatic rings. The molecule has 1 atom stereocenters. The number of hydrogen-bond acceptors (Lipinski definition) is 5. The van der Waals surface area contributed by atoms with Crippen LogP contribution in [0.15, 0.2) is 207 Å². The van der Waals surface area contributed by atoms with Gasteiger partial charge in [-0.3, -0.25) is 9.59 Å². The van der Waals surface area contributed by atoms with Crippen molar-refractivity contribution >= 4 is 11.9 Å². The summed E-state index contributed by atoms with van der Waals surface area (Å²) in [6, 6.07) is 0. The fraction of sp³-hybridized carbons (Fsp3) is 0.478. The predicted molar refractivity (Wildman–Crippen MR) is 324 cm³/mol. The number of carbonyl (C=O) groups excluding carboxylic acids is 2. The molecule has 0 heterocycles. The molecular weight excluding hydrogens is 909 g/mol. The van der Waals surface area contributed by atoms with Crippen LogP contribution in [0.5, 0.6) is 0 Å². The molecule has 408 valence electrons. The lowest BCUT2D eigenvalue weighted by Gasteiger charge is -2.15. The van der Waals surface area contributed by atoms with Crippen molar-refractivity contribution in [2.45, 2.75) is 200 Å². The molecule has 0 radical (unpaired) electrons. The molecule has 0 aliphatic heterocycles. The Labute approximate surface area is 453 Å². The first-order chi connectivity index (χ1) is 36.6. The van der Waals surface area contributed by atoms with E-state index in [4.69, 9.17) is 9.47 Å². The molecule has 0 amide bonds. The van der Waals surface area contributed by atoms with E-state index >= 15 is 0 Å². The zero-order valence-electron chi connectivity index (χ0n) is 46.5. The lowest BCUT2D eigenvalue weighted by atomic mass is 10.1. The minimum atomic E-state index is -0.829. The van der Waals surface area contributed by atoms with Crippen molar-refractivity contribution in [3.8, 4) is 0 Å². The standard InChI is InChI=1S/C69H102O5/c1-3-5-7-9-11-13-15-17-19-21-23-25-27-29-31-33-34-36-37-39-41-43-45-47-49-51-53-55-57-59-61-63-68(71)73-66-67(65-70)74-69(72)64-62-60-58-56-54-52-50-48-46-44-42-40-38-35-32-30-28-26-24-22-20-18-16-14-12-10-8-6-4-2/h5-8,11-14,17-20,23-26,29-32,34,36,38-41,44-47,50,52,56,58,67,70H,3-4,9-10,15-16,21-22,27-28,33,35,37,42-43,48-49,51,53-55,57,59-66H2,1-2H3/b7-5-,8-6-,13-11-,14-12-,19-17-,20-18-,25-23-,26-24-,31-29-,32-30-,36-34-,40-38-,41-39-,46-44-,47-45-,52-50-,58-56-. The van der Waals surface area contributed by atoms with E-state index in [1.54, 1.807) is 0 Å². The van der Waals surface area contributed by atoms with Gasteiger partial charge < -0.3 is 14.6 Å². The second-order valence-electron chi connectivity index (χ2n) is 17.9. The molecule has 1 unspecified atom stereocenters. The molecule has 0 saturated heterocycles. The monoisotopic (exact) mass is 1010 g/mol. The van der Waals surface area contributed by atoms with Gasteiger partial charge in [-0.2, -0.15) is 0 Å². The normalized spacial score (nSPS) is 13.8. The topological polar surface area (TPSA) is 72.8 Å². The van der Waals surface area contributed by atoms with Crippen LogP contribution in [0.3, 0.4) is 0 Å². The smallest absolute Gasteiger partial charge is 0.306 e. The molecule has 0 spiro atoms. The third-order valence-corrected chi connectivity index (χ3v) is 11.1. The summed E-state index contributed by atoms with van der Waals surface area (Å²) in [6.45, 7) is 3.83. The number of unbranched alkanes of at least 4 members (excludes halogenated alkanes) is 7. The zero-order chi connectivity index (χ0) is 53.4. The molecular formula is C69H102O5. The second-order valence-corrected chi connectivity index (χ2v) is 17.9. The zero-order valence-corrected chi connectivity index (χ0v) is 46.5. The van der Waals surface area contributed by atoms with Gasteiger partial charge in [-0.15, -0.1) is 0 Å². The summed E-state index contributed by atoms with van der Waals surface area (Å²) in [5.74, 6) is -0.698. The molecule has 0 aromatic heterocycles. The van der Waals surface area contributed by atoms with Crippen molar-refractivity contribution in [1.29, 1.82) is 0 Å². The van der Waals surface area contributed by atoms with E-state index in [-0.39, 0.29) is 31.6 Å². The van der Waals surface area contributed by atoms with Crippen LogP contribution in [-0.4, -0.2) is 36.4 Å². The van der Waals surface area contributed by atoms with Crippen molar-refractivity contribution in [2.24, 2.45) is 0 Å². The minimum Gasteiger partial charge on any atom is -0.462 e. The van der Waals surface area contributed by atoms with Gasteiger partial charge in [0.1, 0.15) is 6.61 Å². The van der Waals surface area contributed by atoms with E-state index in [0.717, 1.165) is 148 Å². The summed E-state index contributed by atoms with van der Waals surface area (Å²) in [6.07, 6.45) is 101. The van der Waals surface area contributed by atoms with Crippen LogP contribution < -0.4 is 0 Å². The second kappa shape index (κ2) is 61.8. The molecule has 0 fully saturated rings. The molecule has 0 aromatic carbocycles. The molecule has 0 aliphatic carbocycles. The van der Waals surface area contributed by atoms with Crippen LogP contribution in [0, 0.1) is 0 Å². The number of carbonyl (C=O) groups is 2. The Balaban J connectivity index is 3.74. The Morgan fingerprint density at radius 3 is 0.851 bits per heavy atom. The van der Waals surface area contributed by atoms with Crippen LogP contribution >= 0.6 is 0 Å². The summed E-state index contributed by atoms with van der Waals surface area (Å²) in [5, 5.41) is 9.65. The minimum absolute atomic E-state index is 0.113. The third kappa shape index (κ3) is 59.0. The van der Waals surface area contributed by atoms with E-state index in [1.165, 1.54) is 12.8 Å². The van der Waals surface area contributed by atoms with Gasteiger partial charge in [0.25, 0.3) is 0 Å². The Morgan fingerprint density at radius 1 is 0.311 bits per heavy atom. The van der Waals surface area contributed by atoms with Crippen molar-refractivity contribution in [3.05, 3.63) is 207 Å². The van der Waals surface area contributed by atoms with Crippen molar-refractivity contribution < 1.29 is 24.2 Å². The van der Waals surface area contributed by atoms with Crippen molar-refractivity contribution in [3.63, 3.8) is 0 Å². The van der Waals surface area contributed by atoms with E-state index in [1.807, 2.05) is 0 Å². The predicted octanol–water partition coefficient (Wildman–Crippen LogP) is 19.9. The van der Waals surface area contributed by atoms with Gasteiger partial charge in [0, 0.05) is 12.8 Å².